The van der Waals surface area contributed by atoms with E-state index in [0.29, 0.717) is 11.2 Å². The summed E-state index contributed by atoms with van der Waals surface area (Å²) in [5.74, 6) is -1.47. The average Bonchev–Trinajstić information content (AvgIpc) is 2.86. The fourth-order valence-corrected chi connectivity index (χ4v) is 4.49. The topological polar surface area (TPSA) is 114 Å². The molecule has 0 spiro atoms. The zero-order valence-corrected chi connectivity index (χ0v) is 17.5. The van der Waals surface area contributed by atoms with Gasteiger partial charge in [-0.25, -0.2) is 0 Å². The highest BCUT2D eigenvalue weighted by Gasteiger charge is 2.23. The summed E-state index contributed by atoms with van der Waals surface area (Å²) in [6.45, 7) is 0. The van der Waals surface area contributed by atoms with Crippen LogP contribution in [0.3, 0.4) is 0 Å². The Labute approximate surface area is 192 Å². The Hall–Kier alpha value is -5.20. The Morgan fingerprint density at radius 1 is 0.559 bits per heavy atom. The minimum atomic E-state index is -0.733. The van der Waals surface area contributed by atoms with E-state index in [-0.39, 0.29) is 22.3 Å². The fourth-order valence-electron chi connectivity index (χ4n) is 4.49. The van der Waals surface area contributed by atoms with Crippen molar-refractivity contribution in [1.29, 1.82) is 10.5 Å². The van der Waals surface area contributed by atoms with Crippen LogP contribution in [0.4, 0.5) is 0 Å². The van der Waals surface area contributed by atoms with Gasteiger partial charge in [0, 0.05) is 10.8 Å². The molecule has 0 amide bonds. The standard InChI is InChI=1S/C28H14N2O4/c29-13-19-25(31)26(32)20(14-30)28-27(19)33-21-11-9-15-5-1-3-7-17(15)23(21)24-18-8-4-2-6-16(18)10-12-22(24)34-28/h1-12,31-32H. The van der Waals surface area contributed by atoms with Crippen molar-refractivity contribution in [3.05, 3.63) is 83.9 Å². The Morgan fingerprint density at radius 2 is 0.971 bits per heavy atom. The summed E-state index contributed by atoms with van der Waals surface area (Å²) >= 11 is 0. The highest BCUT2D eigenvalue weighted by atomic mass is 16.4. The molecule has 2 N–H and O–H groups in total. The van der Waals surface area contributed by atoms with Gasteiger partial charge in [-0.15, -0.1) is 0 Å². The first kappa shape index (κ1) is 19.5. The normalized spacial score (nSPS) is 11.1. The Balaban J connectivity index is 2.06. The SMILES string of the molecule is N#Cc1c(O)c(O)c(C#N)c2oc3ccc4ccccc4c3c3c(ccc4ccccc43)oc12. The third kappa shape index (κ3) is 2.60. The molecule has 0 atom stereocenters. The van der Waals surface area contributed by atoms with Gasteiger partial charge in [0.15, 0.2) is 22.7 Å². The molecule has 0 saturated carbocycles. The van der Waals surface area contributed by atoms with Crippen molar-refractivity contribution in [3.8, 4) is 23.6 Å². The van der Waals surface area contributed by atoms with Crippen molar-refractivity contribution in [2.24, 2.45) is 0 Å². The Kier molecular flexibility index (Phi) is 4.10. The first-order chi connectivity index (χ1) is 16.6. The lowest BCUT2D eigenvalue weighted by Gasteiger charge is -2.11. The van der Waals surface area contributed by atoms with E-state index in [0.717, 1.165) is 32.3 Å². The molecule has 6 heteroatoms. The number of aromatic hydroxyl groups is 2. The second kappa shape index (κ2) is 7.16. The van der Waals surface area contributed by atoms with Crippen LogP contribution < -0.4 is 0 Å². The summed E-state index contributed by atoms with van der Waals surface area (Å²) in [6, 6.07) is 26.8. The van der Waals surface area contributed by atoms with E-state index in [4.69, 9.17) is 8.83 Å². The molecule has 1 heterocycles. The van der Waals surface area contributed by atoms with E-state index in [2.05, 4.69) is 0 Å². The molecule has 1 aromatic heterocycles. The molecular formula is C28H14N2O4. The second-order valence-corrected chi connectivity index (χ2v) is 7.85. The number of hydrogen-bond acceptors (Lipinski definition) is 6. The fraction of sp³-hybridized carbons (Fsp3) is 0. The van der Waals surface area contributed by atoms with Crippen LogP contribution in [0.2, 0.25) is 0 Å². The minimum Gasteiger partial charge on any atom is -0.503 e. The van der Waals surface area contributed by atoms with Crippen LogP contribution in [0.15, 0.2) is 81.6 Å². The van der Waals surface area contributed by atoms with Crippen molar-refractivity contribution < 1.29 is 19.0 Å². The highest BCUT2D eigenvalue weighted by Crippen LogP contribution is 2.42. The minimum absolute atomic E-state index is 0.135. The van der Waals surface area contributed by atoms with Crippen molar-refractivity contribution in [3.63, 3.8) is 0 Å². The number of nitriles is 2. The molecule has 6 aromatic rings. The van der Waals surface area contributed by atoms with Gasteiger partial charge in [-0.05, 0) is 33.7 Å². The number of rotatable bonds is 0. The third-order valence-electron chi connectivity index (χ3n) is 6.04. The second-order valence-electron chi connectivity index (χ2n) is 7.85. The zero-order chi connectivity index (χ0) is 23.4. The molecular weight excluding hydrogens is 428 g/mol. The van der Waals surface area contributed by atoms with Crippen LogP contribution in [0.25, 0.3) is 54.6 Å². The molecule has 6 nitrogen and oxygen atoms in total. The summed E-state index contributed by atoms with van der Waals surface area (Å²) in [4.78, 5) is 0. The van der Waals surface area contributed by atoms with Gasteiger partial charge >= 0.3 is 0 Å². The maximum absolute atomic E-state index is 10.4. The van der Waals surface area contributed by atoms with Crippen molar-refractivity contribution in [2.75, 3.05) is 0 Å². The lowest BCUT2D eigenvalue weighted by Crippen LogP contribution is -1.89. The molecule has 5 aromatic carbocycles. The number of benzene rings is 5. The quantitative estimate of drug-likeness (QED) is 0.247. The smallest absolute Gasteiger partial charge is 0.193 e. The predicted octanol–water partition coefficient (Wildman–Crippen LogP) is 6.92. The molecule has 0 aliphatic rings. The van der Waals surface area contributed by atoms with Crippen LogP contribution in [-0.2, 0) is 0 Å². The van der Waals surface area contributed by atoms with Crippen molar-refractivity contribution >= 4 is 54.6 Å². The maximum atomic E-state index is 10.4. The Bertz CT molecular complexity index is 1820. The third-order valence-corrected chi connectivity index (χ3v) is 6.04. The van der Waals surface area contributed by atoms with Gasteiger partial charge in [-0.2, -0.15) is 10.5 Å². The summed E-state index contributed by atoms with van der Waals surface area (Å²) in [7, 11) is 0. The highest BCUT2D eigenvalue weighted by molar-refractivity contribution is 6.24. The number of phenolic OH excluding ortho intramolecular Hbond substituents is 2. The van der Waals surface area contributed by atoms with Gasteiger partial charge in [0.05, 0.1) is 0 Å². The van der Waals surface area contributed by atoms with E-state index < -0.39 is 11.5 Å². The van der Waals surface area contributed by atoms with Gasteiger partial charge in [0.25, 0.3) is 0 Å². The van der Waals surface area contributed by atoms with Gasteiger partial charge in [-0.1, -0.05) is 60.7 Å². The molecule has 6 rings (SSSR count). The summed E-state index contributed by atoms with van der Waals surface area (Å²) in [5, 5.41) is 45.6. The molecule has 0 saturated heterocycles. The van der Waals surface area contributed by atoms with E-state index in [1.807, 2.05) is 72.8 Å². The molecule has 0 radical (unpaired) electrons. The summed E-state index contributed by atoms with van der Waals surface area (Å²) < 4.78 is 12.5. The van der Waals surface area contributed by atoms with Crippen molar-refractivity contribution in [1.82, 2.24) is 0 Å². The average molecular weight is 442 g/mol. The number of fused-ring (bicyclic) bond motifs is 8. The summed E-state index contributed by atoms with van der Waals surface area (Å²) in [6.07, 6.45) is 0. The molecule has 0 aliphatic heterocycles. The van der Waals surface area contributed by atoms with Gasteiger partial charge in [0.2, 0.25) is 0 Å². The maximum Gasteiger partial charge on any atom is 0.193 e. The molecule has 34 heavy (non-hydrogen) atoms. The first-order valence-corrected chi connectivity index (χ1v) is 10.4. The Morgan fingerprint density at radius 3 is 1.38 bits per heavy atom. The van der Waals surface area contributed by atoms with E-state index >= 15 is 0 Å². The first-order valence-electron chi connectivity index (χ1n) is 10.4. The van der Waals surface area contributed by atoms with Gasteiger partial charge < -0.3 is 19.0 Å². The van der Waals surface area contributed by atoms with Crippen LogP contribution >= 0.6 is 0 Å². The monoisotopic (exact) mass is 442 g/mol. The number of phenols is 2. The molecule has 0 bridgehead atoms. The largest absolute Gasteiger partial charge is 0.503 e. The molecule has 160 valence electrons. The predicted molar refractivity (Wildman–Crippen MR) is 129 cm³/mol. The number of hydrogen-bond donors (Lipinski definition) is 2. The number of nitrogens with zero attached hydrogens (tertiary/aromatic N) is 2. The molecule has 0 aliphatic carbocycles. The van der Waals surface area contributed by atoms with Gasteiger partial charge in [0.1, 0.15) is 34.4 Å². The van der Waals surface area contributed by atoms with Crippen LogP contribution in [-0.4, -0.2) is 10.2 Å². The van der Waals surface area contributed by atoms with Crippen LogP contribution in [0.5, 0.6) is 11.5 Å². The van der Waals surface area contributed by atoms with E-state index in [9.17, 15) is 20.7 Å². The van der Waals surface area contributed by atoms with E-state index in [1.165, 1.54) is 0 Å². The van der Waals surface area contributed by atoms with Crippen molar-refractivity contribution in [2.45, 2.75) is 0 Å². The lowest BCUT2D eigenvalue weighted by molar-refractivity contribution is 0.400. The molecule has 0 unspecified atom stereocenters. The van der Waals surface area contributed by atoms with Crippen LogP contribution in [0, 0.1) is 22.7 Å². The lowest BCUT2D eigenvalue weighted by atomic mass is 9.98. The van der Waals surface area contributed by atoms with Crippen LogP contribution in [0.1, 0.15) is 11.1 Å². The van der Waals surface area contributed by atoms with E-state index in [1.54, 1.807) is 12.1 Å². The van der Waals surface area contributed by atoms with Gasteiger partial charge in [-0.3, -0.25) is 0 Å². The summed E-state index contributed by atoms with van der Waals surface area (Å²) in [5.41, 5.74) is -0.0725. The zero-order valence-electron chi connectivity index (χ0n) is 17.5. The molecule has 0 fully saturated rings.